The van der Waals surface area contributed by atoms with E-state index in [0.717, 1.165) is 18.4 Å². The lowest BCUT2D eigenvalue weighted by molar-refractivity contribution is 0.0937. The van der Waals surface area contributed by atoms with Crippen LogP contribution < -0.4 is 10.6 Å². The first-order valence-electron chi connectivity index (χ1n) is 8.38. The first-order chi connectivity index (χ1) is 12.0. The van der Waals surface area contributed by atoms with Gasteiger partial charge in [0.1, 0.15) is 0 Å². The number of likely N-dealkylation sites (tertiary alicyclic amines) is 1. The van der Waals surface area contributed by atoms with Crippen LogP contribution in [0.3, 0.4) is 0 Å². The Hall–Kier alpha value is -2.59. The fraction of sp³-hybridized carbons (Fsp3) is 0.500. The summed E-state index contributed by atoms with van der Waals surface area (Å²) in [4.78, 5) is 26.1. The summed E-state index contributed by atoms with van der Waals surface area (Å²) in [6.45, 7) is 3.86. The molecule has 1 heterocycles. The van der Waals surface area contributed by atoms with E-state index in [9.17, 15) is 9.59 Å². The molecule has 1 aliphatic rings. The number of urea groups is 1. The first-order valence-corrected chi connectivity index (χ1v) is 8.38. The van der Waals surface area contributed by atoms with Gasteiger partial charge in [-0.1, -0.05) is 0 Å². The predicted molar refractivity (Wildman–Crippen MR) is 94.3 cm³/mol. The van der Waals surface area contributed by atoms with E-state index in [1.807, 2.05) is 6.92 Å². The Morgan fingerprint density at radius 1 is 1.44 bits per heavy atom. The number of ether oxygens (including phenoxy) is 1. The van der Waals surface area contributed by atoms with Gasteiger partial charge in [-0.25, -0.2) is 4.79 Å². The van der Waals surface area contributed by atoms with Crippen molar-refractivity contribution in [1.29, 1.82) is 5.26 Å². The monoisotopic (exact) mass is 344 g/mol. The molecule has 0 saturated carbocycles. The normalized spacial score (nSPS) is 16.8. The molecule has 134 valence electrons. The van der Waals surface area contributed by atoms with Crippen LogP contribution >= 0.6 is 0 Å². The van der Waals surface area contributed by atoms with Crippen LogP contribution in [0.2, 0.25) is 0 Å². The third-order valence-electron chi connectivity index (χ3n) is 4.21. The number of aryl methyl sites for hydroxylation is 1. The number of nitrogens with one attached hydrogen (secondary N) is 2. The molecule has 0 aliphatic carbocycles. The Morgan fingerprint density at radius 3 is 2.92 bits per heavy atom. The Bertz CT molecular complexity index is 669. The number of nitriles is 1. The zero-order chi connectivity index (χ0) is 18.2. The molecule has 0 aromatic heterocycles. The number of rotatable bonds is 5. The van der Waals surface area contributed by atoms with Crippen LogP contribution in [-0.2, 0) is 4.74 Å². The van der Waals surface area contributed by atoms with Crippen molar-refractivity contribution < 1.29 is 14.3 Å². The minimum absolute atomic E-state index is 0.0984. The summed E-state index contributed by atoms with van der Waals surface area (Å²) in [6.07, 6.45) is 1.68. The van der Waals surface area contributed by atoms with Crippen LogP contribution in [0.25, 0.3) is 0 Å². The van der Waals surface area contributed by atoms with E-state index in [4.69, 9.17) is 10.00 Å². The smallest absolute Gasteiger partial charge is 0.321 e. The second-order valence-corrected chi connectivity index (χ2v) is 6.12. The van der Waals surface area contributed by atoms with E-state index < -0.39 is 0 Å². The number of hydrogen-bond acceptors (Lipinski definition) is 4. The van der Waals surface area contributed by atoms with E-state index in [2.05, 4.69) is 16.7 Å². The largest absolute Gasteiger partial charge is 0.383 e. The van der Waals surface area contributed by atoms with E-state index in [-0.39, 0.29) is 17.9 Å². The lowest BCUT2D eigenvalue weighted by Gasteiger charge is -2.29. The van der Waals surface area contributed by atoms with Gasteiger partial charge < -0.3 is 20.3 Å². The molecule has 0 radical (unpaired) electrons. The van der Waals surface area contributed by atoms with Gasteiger partial charge >= 0.3 is 6.03 Å². The van der Waals surface area contributed by atoms with Gasteiger partial charge in [0, 0.05) is 38.0 Å². The number of carbonyl (C=O) groups excluding carboxylic acids is 2. The third kappa shape index (κ3) is 5.19. The molecule has 25 heavy (non-hydrogen) atoms. The molecular weight excluding hydrogens is 320 g/mol. The van der Waals surface area contributed by atoms with Crippen molar-refractivity contribution in [3.63, 3.8) is 0 Å². The summed E-state index contributed by atoms with van der Waals surface area (Å²) in [5.74, 6) is -0.273. The highest BCUT2D eigenvalue weighted by Gasteiger charge is 2.23. The van der Waals surface area contributed by atoms with Gasteiger partial charge in [0.2, 0.25) is 0 Å². The van der Waals surface area contributed by atoms with Gasteiger partial charge in [0.05, 0.1) is 18.6 Å². The molecular formula is C18H24N4O3. The van der Waals surface area contributed by atoms with Crippen LogP contribution in [0.5, 0.6) is 0 Å². The molecule has 0 unspecified atom stereocenters. The second kappa shape index (κ2) is 9.04. The third-order valence-corrected chi connectivity index (χ3v) is 4.21. The maximum Gasteiger partial charge on any atom is 0.321 e. The van der Waals surface area contributed by atoms with Crippen LogP contribution in [0.1, 0.15) is 28.8 Å². The van der Waals surface area contributed by atoms with Gasteiger partial charge in [-0.05, 0) is 43.5 Å². The summed E-state index contributed by atoms with van der Waals surface area (Å²) < 4.78 is 4.90. The van der Waals surface area contributed by atoms with Crippen molar-refractivity contribution in [1.82, 2.24) is 10.2 Å². The van der Waals surface area contributed by atoms with E-state index in [0.29, 0.717) is 37.5 Å². The van der Waals surface area contributed by atoms with Gasteiger partial charge in [0.25, 0.3) is 5.91 Å². The number of anilines is 1. The highest BCUT2D eigenvalue weighted by atomic mass is 16.5. The molecule has 1 atom stereocenters. The molecule has 7 heteroatoms. The van der Waals surface area contributed by atoms with Crippen LogP contribution in [0.4, 0.5) is 10.5 Å². The van der Waals surface area contributed by atoms with Gasteiger partial charge in [0.15, 0.2) is 0 Å². The van der Waals surface area contributed by atoms with Crippen molar-refractivity contribution >= 4 is 17.6 Å². The summed E-state index contributed by atoms with van der Waals surface area (Å²) >= 11 is 0. The Labute approximate surface area is 147 Å². The van der Waals surface area contributed by atoms with E-state index >= 15 is 0 Å². The maximum atomic E-state index is 12.4. The lowest BCUT2D eigenvalue weighted by Crippen LogP contribution is -2.42. The highest BCUT2D eigenvalue weighted by molar-refractivity contribution is 5.96. The standard InChI is InChI=1S/C18H24N4O3/c1-13-10-15(17(23)20-7-9-25-2)5-6-16(13)21-18(24)22-8-3-4-14(11-19)12-22/h5-6,10,14H,3-4,7-9,12H2,1-2H3,(H,20,23)(H,21,24)/t14-/m0/s1. The van der Waals surface area contributed by atoms with Crippen LogP contribution in [-0.4, -0.2) is 50.2 Å². The Kier molecular flexibility index (Phi) is 6.78. The summed E-state index contributed by atoms with van der Waals surface area (Å²) in [5.41, 5.74) is 2.01. The molecule has 0 spiro atoms. The number of amides is 3. The zero-order valence-electron chi connectivity index (χ0n) is 14.7. The molecule has 3 amide bonds. The van der Waals surface area contributed by atoms with Gasteiger partial charge in [-0.15, -0.1) is 0 Å². The van der Waals surface area contributed by atoms with E-state index in [1.165, 1.54) is 0 Å². The van der Waals surface area contributed by atoms with Crippen molar-refractivity contribution in [2.24, 2.45) is 5.92 Å². The number of methoxy groups -OCH3 is 1. The number of benzene rings is 1. The summed E-state index contributed by atoms with van der Waals surface area (Å²) in [5, 5.41) is 14.7. The quantitative estimate of drug-likeness (QED) is 0.800. The molecule has 1 aromatic rings. The number of hydrogen-bond donors (Lipinski definition) is 2. The molecule has 2 N–H and O–H groups in total. The molecule has 1 saturated heterocycles. The first kappa shape index (κ1) is 18.7. The molecule has 1 aliphatic heterocycles. The average molecular weight is 344 g/mol. The number of carbonyl (C=O) groups is 2. The number of piperidine rings is 1. The van der Waals surface area contributed by atoms with E-state index in [1.54, 1.807) is 30.2 Å². The van der Waals surface area contributed by atoms with Crippen molar-refractivity contribution in [3.05, 3.63) is 29.3 Å². The second-order valence-electron chi connectivity index (χ2n) is 6.12. The maximum absolute atomic E-state index is 12.4. The van der Waals surface area contributed by atoms with Crippen molar-refractivity contribution in [3.8, 4) is 6.07 Å². The molecule has 1 aromatic carbocycles. The molecule has 0 bridgehead atoms. The summed E-state index contributed by atoms with van der Waals surface area (Å²) in [6, 6.07) is 7.17. The number of nitrogens with zero attached hydrogens (tertiary/aromatic N) is 2. The summed E-state index contributed by atoms with van der Waals surface area (Å²) in [7, 11) is 1.58. The molecule has 1 fully saturated rings. The average Bonchev–Trinajstić information content (AvgIpc) is 2.63. The molecule has 7 nitrogen and oxygen atoms in total. The van der Waals surface area contributed by atoms with Crippen LogP contribution in [0, 0.1) is 24.2 Å². The zero-order valence-corrected chi connectivity index (χ0v) is 14.7. The minimum Gasteiger partial charge on any atom is -0.383 e. The molecule has 2 rings (SSSR count). The van der Waals surface area contributed by atoms with Crippen molar-refractivity contribution in [2.75, 3.05) is 38.7 Å². The topological polar surface area (TPSA) is 94.5 Å². The van der Waals surface area contributed by atoms with Crippen LogP contribution in [0.15, 0.2) is 18.2 Å². The predicted octanol–water partition coefficient (Wildman–Crippen LogP) is 2.14. The van der Waals surface area contributed by atoms with Crippen molar-refractivity contribution in [2.45, 2.75) is 19.8 Å². The fourth-order valence-corrected chi connectivity index (χ4v) is 2.78. The Balaban J connectivity index is 1.97. The highest BCUT2D eigenvalue weighted by Crippen LogP contribution is 2.20. The lowest BCUT2D eigenvalue weighted by atomic mass is 10.0. The fourth-order valence-electron chi connectivity index (χ4n) is 2.78. The van der Waals surface area contributed by atoms with Gasteiger partial charge in [-0.3, -0.25) is 4.79 Å². The minimum atomic E-state index is -0.208. The van der Waals surface area contributed by atoms with Gasteiger partial charge in [-0.2, -0.15) is 5.26 Å². The SMILES string of the molecule is COCCNC(=O)c1ccc(NC(=O)N2CCC[C@@H](C#N)C2)c(C)c1. The Morgan fingerprint density at radius 2 is 2.24 bits per heavy atom.